The highest BCUT2D eigenvalue weighted by Crippen LogP contribution is 2.25. The van der Waals surface area contributed by atoms with Gasteiger partial charge in [-0.05, 0) is 44.0 Å². The molecule has 2 aromatic carbocycles. The van der Waals surface area contributed by atoms with Crippen molar-refractivity contribution < 1.29 is 14.3 Å². The topological polar surface area (TPSA) is 58.6 Å². The predicted molar refractivity (Wildman–Crippen MR) is 98.1 cm³/mol. The third-order valence-corrected chi connectivity index (χ3v) is 4.23. The number of amides is 2. The summed E-state index contributed by atoms with van der Waals surface area (Å²) in [6.07, 6.45) is 1.46. The first-order valence-corrected chi connectivity index (χ1v) is 8.43. The van der Waals surface area contributed by atoms with Gasteiger partial charge in [0.1, 0.15) is 5.75 Å². The zero-order valence-electron chi connectivity index (χ0n) is 14.5. The van der Waals surface area contributed by atoms with E-state index in [1.807, 2.05) is 44.2 Å². The molecule has 5 heteroatoms. The molecule has 3 rings (SSSR count). The number of nitrogens with zero attached hydrogens (tertiary/aromatic N) is 1. The standard InChI is InChI=1S/C20H22N2O3/c1-14-8-9-18(15(2)11-14)21-19(23)13-25-17-6-3-5-16(12-17)22-10-4-7-20(22)24/h3,5-6,8-9,11-12H,4,7,10,13H2,1-2H3,(H,21,23). The lowest BCUT2D eigenvalue weighted by molar-refractivity contribution is -0.118. The molecule has 0 atom stereocenters. The molecule has 1 heterocycles. The molecular weight excluding hydrogens is 316 g/mol. The van der Waals surface area contributed by atoms with Crippen LogP contribution in [0.15, 0.2) is 42.5 Å². The molecule has 0 unspecified atom stereocenters. The van der Waals surface area contributed by atoms with Crippen molar-refractivity contribution in [3.63, 3.8) is 0 Å². The maximum Gasteiger partial charge on any atom is 0.262 e. The minimum atomic E-state index is -0.213. The SMILES string of the molecule is Cc1ccc(NC(=O)COc2cccc(N3CCCC3=O)c2)c(C)c1. The Labute approximate surface area is 147 Å². The van der Waals surface area contributed by atoms with E-state index in [2.05, 4.69) is 5.32 Å². The summed E-state index contributed by atoms with van der Waals surface area (Å²) in [7, 11) is 0. The van der Waals surface area contributed by atoms with Gasteiger partial charge < -0.3 is 15.0 Å². The summed E-state index contributed by atoms with van der Waals surface area (Å²) in [5.41, 5.74) is 3.77. The first-order chi connectivity index (χ1) is 12.0. The van der Waals surface area contributed by atoms with Gasteiger partial charge in [0.15, 0.2) is 6.61 Å². The van der Waals surface area contributed by atoms with Crippen LogP contribution in [0.4, 0.5) is 11.4 Å². The molecule has 1 aliphatic heterocycles. The Bertz CT molecular complexity index is 801. The molecule has 0 bridgehead atoms. The van der Waals surface area contributed by atoms with Crippen molar-refractivity contribution in [3.8, 4) is 5.75 Å². The fourth-order valence-corrected chi connectivity index (χ4v) is 2.95. The predicted octanol–water partition coefficient (Wildman–Crippen LogP) is 3.45. The molecule has 1 saturated heterocycles. The quantitative estimate of drug-likeness (QED) is 0.908. The Balaban J connectivity index is 1.59. The fourth-order valence-electron chi connectivity index (χ4n) is 2.95. The van der Waals surface area contributed by atoms with Crippen molar-refractivity contribution in [2.24, 2.45) is 0 Å². The zero-order valence-corrected chi connectivity index (χ0v) is 14.5. The average molecular weight is 338 g/mol. The Morgan fingerprint density at radius 2 is 2.04 bits per heavy atom. The maximum atomic E-state index is 12.1. The number of carbonyl (C=O) groups is 2. The number of rotatable bonds is 5. The van der Waals surface area contributed by atoms with Gasteiger partial charge in [-0.1, -0.05) is 23.8 Å². The number of hydrogen-bond donors (Lipinski definition) is 1. The van der Waals surface area contributed by atoms with Crippen molar-refractivity contribution in [2.75, 3.05) is 23.4 Å². The number of anilines is 2. The van der Waals surface area contributed by atoms with Gasteiger partial charge in [-0.25, -0.2) is 0 Å². The largest absolute Gasteiger partial charge is 0.484 e. The lowest BCUT2D eigenvalue weighted by atomic mass is 10.1. The number of carbonyl (C=O) groups excluding carboxylic acids is 2. The van der Waals surface area contributed by atoms with Gasteiger partial charge in [0.25, 0.3) is 5.91 Å². The molecule has 130 valence electrons. The van der Waals surface area contributed by atoms with Gasteiger partial charge in [-0.15, -0.1) is 0 Å². The highest BCUT2D eigenvalue weighted by molar-refractivity contribution is 5.95. The van der Waals surface area contributed by atoms with E-state index in [1.54, 1.807) is 17.0 Å². The number of nitrogens with one attached hydrogen (secondary N) is 1. The van der Waals surface area contributed by atoms with E-state index in [1.165, 1.54) is 0 Å². The van der Waals surface area contributed by atoms with Crippen LogP contribution in [0.3, 0.4) is 0 Å². The minimum Gasteiger partial charge on any atom is -0.484 e. The number of benzene rings is 2. The number of aryl methyl sites for hydroxylation is 2. The molecule has 1 N–H and O–H groups in total. The molecular formula is C20H22N2O3. The highest BCUT2D eigenvalue weighted by Gasteiger charge is 2.21. The van der Waals surface area contributed by atoms with Crippen LogP contribution in [0.25, 0.3) is 0 Å². The summed E-state index contributed by atoms with van der Waals surface area (Å²) < 4.78 is 5.59. The second-order valence-corrected chi connectivity index (χ2v) is 6.30. The summed E-state index contributed by atoms with van der Waals surface area (Å²) in [6, 6.07) is 13.2. The van der Waals surface area contributed by atoms with Crippen LogP contribution in [-0.4, -0.2) is 25.0 Å². The smallest absolute Gasteiger partial charge is 0.262 e. The third-order valence-electron chi connectivity index (χ3n) is 4.23. The van der Waals surface area contributed by atoms with E-state index < -0.39 is 0 Å². The van der Waals surface area contributed by atoms with E-state index in [-0.39, 0.29) is 18.4 Å². The molecule has 25 heavy (non-hydrogen) atoms. The van der Waals surface area contributed by atoms with Crippen LogP contribution < -0.4 is 15.0 Å². The molecule has 1 fully saturated rings. The first kappa shape index (κ1) is 17.0. The van der Waals surface area contributed by atoms with Crippen LogP contribution >= 0.6 is 0 Å². The van der Waals surface area contributed by atoms with E-state index in [9.17, 15) is 9.59 Å². The third kappa shape index (κ3) is 4.18. The highest BCUT2D eigenvalue weighted by atomic mass is 16.5. The van der Waals surface area contributed by atoms with Gasteiger partial charge in [-0.2, -0.15) is 0 Å². The molecule has 0 radical (unpaired) electrons. The first-order valence-electron chi connectivity index (χ1n) is 8.43. The Morgan fingerprint density at radius 1 is 1.20 bits per heavy atom. The van der Waals surface area contributed by atoms with Crippen LogP contribution in [0.2, 0.25) is 0 Å². The van der Waals surface area contributed by atoms with E-state index >= 15 is 0 Å². The molecule has 0 saturated carbocycles. The maximum absolute atomic E-state index is 12.1. The minimum absolute atomic E-state index is 0.0787. The second-order valence-electron chi connectivity index (χ2n) is 6.30. The van der Waals surface area contributed by atoms with Crippen LogP contribution in [0.1, 0.15) is 24.0 Å². The van der Waals surface area contributed by atoms with Crippen molar-refractivity contribution in [3.05, 3.63) is 53.6 Å². The summed E-state index contributed by atoms with van der Waals surface area (Å²) in [5.74, 6) is 0.493. The molecule has 2 aromatic rings. The Morgan fingerprint density at radius 3 is 2.76 bits per heavy atom. The van der Waals surface area contributed by atoms with Gasteiger partial charge in [0.2, 0.25) is 5.91 Å². The van der Waals surface area contributed by atoms with Crippen molar-refractivity contribution in [1.29, 1.82) is 0 Å². The molecule has 0 aliphatic carbocycles. The van der Waals surface area contributed by atoms with Gasteiger partial charge in [0, 0.05) is 30.4 Å². The van der Waals surface area contributed by atoms with Gasteiger partial charge in [-0.3, -0.25) is 9.59 Å². The zero-order chi connectivity index (χ0) is 17.8. The lowest BCUT2D eigenvalue weighted by Crippen LogP contribution is -2.24. The van der Waals surface area contributed by atoms with E-state index in [4.69, 9.17) is 4.74 Å². The summed E-state index contributed by atoms with van der Waals surface area (Å²) in [5, 5.41) is 2.86. The Hall–Kier alpha value is -2.82. The lowest BCUT2D eigenvalue weighted by Gasteiger charge is -2.16. The monoisotopic (exact) mass is 338 g/mol. The van der Waals surface area contributed by atoms with Crippen LogP contribution in [0.5, 0.6) is 5.75 Å². The number of ether oxygens (including phenoxy) is 1. The molecule has 1 aliphatic rings. The molecule has 5 nitrogen and oxygen atoms in total. The van der Waals surface area contributed by atoms with Crippen molar-refractivity contribution in [2.45, 2.75) is 26.7 Å². The second kappa shape index (κ2) is 7.38. The molecule has 0 spiro atoms. The summed E-state index contributed by atoms with van der Waals surface area (Å²) in [6.45, 7) is 4.63. The van der Waals surface area contributed by atoms with Gasteiger partial charge >= 0.3 is 0 Å². The van der Waals surface area contributed by atoms with Gasteiger partial charge in [0.05, 0.1) is 0 Å². The summed E-state index contributed by atoms with van der Waals surface area (Å²) in [4.78, 5) is 25.7. The Kier molecular flexibility index (Phi) is 5.03. The molecule has 0 aromatic heterocycles. The van der Waals surface area contributed by atoms with Crippen LogP contribution in [-0.2, 0) is 9.59 Å². The average Bonchev–Trinajstić information content (AvgIpc) is 3.02. The number of hydrogen-bond acceptors (Lipinski definition) is 3. The van der Waals surface area contributed by atoms with E-state index in [0.717, 1.165) is 35.5 Å². The van der Waals surface area contributed by atoms with Crippen molar-refractivity contribution in [1.82, 2.24) is 0 Å². The summed E-state index contributed by atoms with van der Waals surface area (Å²) >= 11 is 0. The van der Waals surface area contributed by atoms with Crippen molar-refractivity contribution >= 4 is 23.2 Å². The van der Waals surface area contributed by atoms with E-state index in [0.29, 0.717) is 12.2 Å². The fraction of sp³-hybridized carbons (Fsp3) is 0.300. The molecule has 2 amide bonds. The van der Waals surface area contributed by atoms with Crippen LogP contribution in [0, 0.1) is 13.8 Å². The normalized spacial score (nSPS) is 13.8.